The van der Waals surface area contributed by atoms with E-state index in [1.54, 1.807) is 36.3 Å². The van der Waals surface area contributed by atoms with Gasteiger partial charge in [0.2, 0.25) is 11.8 Å². The minimum atomic E-state index is -0.688. The number of carbonyl (C=O) groups excluding carboxylic acids is 2. The van der Waals surface area contributed by atoms with Crippen LogP contribution >= 0.6 is 0 Å². The number of nitrogens with zero attached hydrogens (tertiary/aromatic N) is 10. The second kappa shape index (κ2) is 16.4. The molecule has 0 aliphatic carbocycles. The Labute approximate surface area is 345 Å². The molecule has 60 heavy (non-hydrogen) atoms. The summed E-state index contributed by atoms with van der Waals surface area (Å²) in [5.74, 6) is 0.174. The molecular formula is C43H49FN12O4. The summed E-state index contributed by atoms with van der Waals surface area (Å²) in [5.41, 5.74) is 11.5. The summed E-state index contributed by atoms with van der Waals surface area (Å²) in [5, 5.41) is 15.5. The number of pyridine rings is 1. The standard InChI is InChI=1S/C43H49FN12O4/c1-27(34-22-31(44)3-5-35(34)56-47-14-15-48-56)60-39-21-29(24-46-41(39)45)30-25-49-54(26-30)32-12-17-52(18-13-32)16-9-28-10-19-53(20-11-28)33-4-6-36-38(23-33)51(2)43(59)55(36)37-7-8-40(57)50-42(37)58/h3-6,14-15,21-28,32,37H,7-13,16-20H2,1-2H3,(H2,45,46)(H,50,57,58)/t27-,37?/m1/s1. The molecule has 2 aromatic carbocycles. The van der Waals surface area contributed by atoms with Crippen molar-refractivity contribution >= 4 is 34.4 Å². The number of imidazole rings is 1. The van der Waals surface area contributed by atoms with Gasteiger partial charge >= 0.3 is 5.69 Å². The summed E-state index contributed by atoms with van der Waals surface area (Å²) in [6.45, 7) is 6.85. The van der Waals surface area contributed by atoms with Crippen LogP contribution in [0.1, 0.15) is 75.6 Å². The van der Waals surface area contributed by atoms with Crippen LogP contribution in [-0.4, -0.2) is 88.3 Å². The zero-order valence-electron chi connectivity index (χ0n) is 33.8. The van der Waals surface area contributed by atoms with Gasteiger partial charge in [-0.1, -0.05) is 0 Å². The van der Waals surface area contributed by atoms with Crippen LogP contribution in [0, 0.1) is 11.7 Å². The van der Waals surface area contributed by atoms with Crippen LogP contribution in [0.25, 0.3) is 27.8 Å². The summed E-state index contributed by atoms with van der Waals surface area (Å²) < 4.78 is 25.8. The van der Waals surface area contributed by atoms with Crippen LogP contribution < -0.4 is 26.4 Å². The summed E-state index contributed by atoms with van der Waals surface area (Å²) in [6, 6.07) is 11.9. The number of amides is 2. The van der Waals surface area contributed by atoms with E-state index in [0.717, 1.165) is 80.7 Å². The topological polar surface area (TPSA) is 176 Å². The second-order valence-corrected chi connectivity index (χ2v) is 16.2. The Morgan fingerprint density at radius 2 is 1.68 bits per heavy atom. The van der Waals surface area contributed by atoms with Crippen molar-refractivity contribution in [2.45, 2.75) is 70.1 Å². The van der Waals surface area contributed by atoms with E-state index in [2.05, 4.69) is 47.2 Å². The molecule has 312 valence electrons. The van der Waals surface area contributed by atoms with Gasteiger partial charge in [0.15, 0.2) is 11.6 Å². The van der Waals surface area contributed by atoms with Gasteiger partial charge in [-0.05, 0) is 100 Å². The third kappa shape index (κ3) is 7.76. The number of benzene rings is 2. The van der Waals surface area contributed by atoms with Gasteiger partial charge in [0.25, 0.3) is 0 Å². The number of imide groups is 1. The maximum Gasteiger partial charge on any atom is 0.329 e. The molecule has 3 aliphatic rings. The fourth-order valence-electron chi connectivity index (χ4n) is 9.05. The van der Waals surface area contributed by atoms with Gasteiger partial charge in [-0.2, -0.15) is 20.1 Å². The molecular weight excluding hydrogens is 768 g/mol. The number of aromatic nitrogens is 8. The van der Waals surface area contributed by atoms with Crippen LogP contribution in [0.4, 0.5) is 15.9 Å². The van der Waals surface area contributed by atoms with Crippen LogP contribution in [0.5, 0.6) is 5.75 Å². The Hall–Kier alpha value is -6.36. The first-order valence-electron chi connectivity index (χ1n) is 20.7. The van der Waals surface area contributed by atoms with Crippen LogP contribution in [-0.2, 0) is 16.6 Å². The first kappa shape index (κ1) is 39.1. The highest BCUT2D eigenvalue weighted by molar-refractivity contribution is 6.00. The van der Waals surface area contributed by atoms with E-state index in [1.165, 1.54) is 27.9 Å². The maximum absolute atomic E-state index is 14.3. The Morgan fingerprint density at radius 1 is 0.900 bits per heavy atom. The Balaban J connectivity index is 0.761. The number of hydrogen-bond acceptors (Lipinski definition) is 11. The van der Waals surface area contributed by atoms with E-state index < -0.39 is 23.9 Å². The van der Waals surface area contributed by atoms with E-state index in [1.807, 2.05) is 31.3 Å². The minimum Gasteiger partial charge on any atom is -0.482 e. The molecule has 0 saturated carbocycles. The van der Waals surface area contributed by atoms with Crippen LogP contribution in [0.15, 0.2) is 78.2 Å². The quantitative estimate of drug-likeness (QED) is 0.169. The van der Waals surface area contributed by atoms with Gasteiger partial charge in [0.05, 0.1) is 41.4 Å². The van der Waals surface area contributed by atoms with Crippen molar-refractivity contribution in [3.8, 4) is 22.6 Å². The lowest BCUT2D eigenvalue weighted by Gasteiger charge is -2.36. The number of nitrogen functional groups attached to an aromatic ring is 1. The summed E-state index contributed by atoms with van der Waals surface area (Å²) in [7, 11) is 1.74. The lowest BCUT2D eigenvalue weighted by atomic mass is 9.92. The largest absolute Gasteiger partial charge is 0.482 e. The number of aryl methyl sites for hydroxylation is 1. The predicted molar refractivity (Wildman–Crippen MR) is 223 cm³/mol. The van der Waals surface area contributed by atoms with E-state index in [4.69, 9.17) is 15.6 Å². The fraction of sp³-hybridized carbons (Fsp3) is 0.419. The monoisotopic (exact) mass is 816 g/mol. The maximum atomic E-state index is 14.3. The average molecular weight is 817 g/mol. The molecule has 0 radical (unpaired) electrons. The summed E-state index contributed by atoms with van der Waals surface area (Å²) in [4.78, 5) is 48.4. The van der Waals surface area contributed by atoms with Gasteiger partial charge in [-0.3, -0.25) is 28.7 Å². The van der Waals surface area contributed by atoms with E-state index in [9.17, 15) is 18.8 Å². The molecule has 3 aliphatic heterocycles. The van der Waals surface area contributed by atoms with E-state index in [-0.39, 0.29) is 23.8 Å². The number of hydrogen-bond donors (Lipinski definition) is 2. The second-order valence-electron chi connectivity index (χ2n) is 16.2. The highest BCUT2D eigenvalue weighted by Gasteiger charge is 2.32. The number of carbonyl (C=O) groups is 2. The lowest BCUT2D eigenvalue weighted by molar-refractivity contribution is -0.135. The van der Waals surface area contributed by atoms with Crippen molar-refractivity contribution in [2.75, 3.05) is 43.4 Å². The number of piperidine rings is 3. The van der Waals surface area contributed by atoms with Crippen molar-refractivity contribution < 1.29 is 18.7 Å². The van der Waals surface area contributed by atoms with Crippen LogP contribution in [0.3, 0.4) is 0 Å². The predicted octanol–water partition coefficient (Wildman–Crippen LogP) is 4.96. The van der Waals surface area contributed by atoms with Crippen molar-refractivity contribution in [1.29, 1.82) is 0 Å². The molecule has 3 N–H and O–H groups in total. The Morgan fingerprint density at radius 3 is 2.45 bits per heavy atom. The van der Waals surface area contributed by atoms with Gasteiger partial charge in [0, 0.05) is 74.4 Å². The molecule has 2 atom stereocenters. The Kier molecular flexibility index (Phi) is 10.7. The van der Waals surface area contributed by atoms with Crippen LogP contribution in [0.2, 0.25) is 0 Å². The first-order chi connectivity index (χ1) is 29.1. The third-order valence-electron chi connectivity index (χ3n) is 12.5. The molecule has 9 rings (SSSR count). The highest BCUT2D eigenvalue weighted by Crippen LogP contribution is 2.34. The molecule has 4 aromatic heterocycles. The van der Waals surface area contributed by atoms with Gasteiger partial charge in [0.1, 0.15) is 18.0 Å². The SMILES string of the molecule is C[C@@H](Oc1cc(-c2cnn(C3CCN(CCC4CCN(c5ccc6c(c5)n(C)c(=O)n6C5CCC(=O)NC5=O)CC4)CC3)c2)cnc1N)c1cc(F)ccc1-n1nccn1. The molecule has 7 heterocycles. The number of halogens is 1. The molecule has 3 fully saturated rings. The smallest absolute Gasteiger partial charge is 0.329 e. The minimum absolute atomic E-state index is 0.219. The molecule has 1 unspecified atom stereocenters. The zero-order chi connectivity index (χ0) is 41.5. The van der Waals surface area contributed by atoms with Gasteiger partial charge in [-0.25, -0.2) is 14.2 Å². The average Bonchev–Trinajstić information content (AvgIpc) is 4.03. The molecule has 17 heteroatoms. The molecule has 0 bridgehead atoms. The van der Waals surface area contributed by atoms with Crippen molar-refractivity contribution in [1.82, 2.24) is 49.1 Å². The molecule has 3 saturated heterocycles. The van der Waals surface area contributed by atoms with E-state index >= 15 is 0 Å². The van der Waals surface area contributed by atoms with Crippen molar-refractivity contribution in [2.24, 2.45) is 13.0 Å². The van der Waals surface area contributed by atoms with Crippen molar-refractivity contribution in [3.05, 3.63) is 95.3 Å². The van der Waals surface area contributed by atoms with Crippen molar-refractivity contribution in [3.63, 3.8) is 0 Å². The molecule has 2 amide bonds. The number of likely N-dealkylation sites (tertiary alicyclic amines) is 1. The third-order valence-corrected chi connectivity index (χ3v) is 12.5. The highest BCUT2D eigenvalue weighted by atomic mass is 19.1. The molecule has 0 spiro atoms. The van der Waals surface area contributed by atoms with Gasteiger partial charge < -0.3 is 20.3 Å². The number of rotatable bonds is 11. The number of anilines is 2. The number of nitrogens with two attached hydrogens (primary N) is 1. The summed E-state index contributed by atoms with van der Waals surface area (Å²) in [6.07, 6.45) is 14.1. The number of ether oxygens (including phenoxy) is 1. The molecule has 16 nitrogen and oxygen atoms in total. The zero-order valence-corrected chi connectivity index (χ0v) is 33.8. The molecule has 6 aromatic rings. The number of nitrogens with one attached hydrogen (secondary N) is 1. The Bertz CT molecular complexity index is 2580. The van der Waals surface area contributed by atoms with Gasteiger partial charge in [-0.15, -0.1) is 0 Å². The van der Waals surface area contributed by atoms with E-state index in [0.29, 0.717) is 40.9 Å². The first-order valence-corrected chi connectivity index (χ1v) is 20.7. The fourth-order valence-corrected chi connectivity index (χ4v) is 9.05. The number of fused-ring (bicyclic) bond motifs is 1. The lowest BCUT2D eigenvalue weighted by Crippen LogP contribution is -2.44. The normalized spacial score (nSPS) is 18.9. The summed E-state index contributed by atoms with van der Waals surface area (Å²) >= 11 is 0.